The Morgan fingerprint density at radius 2 is 2.47 bits per heavy atom. The molecule has 1 aliphatic rings. The van der Waals surface area contributed by atoms with Gasteiger partial charge in [-0.3, -0.25) is 9.69 Å². The van der Waals surface area contributed by atoms with Gasteiger partial charge in [0.25, 0.3) is 0 Å². The zero-order valence-electron chi connectivity index (χ0n) is 10.4. The van der Waals surface area contributed by atoms with Crippen LogP contribution in [0.15, 0.2) is 6.20 Å². The zero-order valence-corrected chi connectivity index (χ0v) is 11.2. The zero-order chi connectivity index (χ0) is 12.3. The molecule has 1 saturated heterocycles. The van der Waals surface area contributed by atoms with Crippen LogP contribution in [-0.2, 0) is 11.3 Å². The molecule has 0 bridgehead atoms. The second kappa shape index (κ2) is 5.60. The number of hydrogen-bond donors (Lipinski definition) is 1. The van der Waals surface area contributed by atoms with Crippen LogP contribution in [-0.4, -0.2) is 28.4 Å². The normalized spacial score (nSPS) is 21.4. The van der Waals surface area contributed by atoms with E-state index in [1.165, 1.54) is 37.6 Å². The number of piperidine rings is 1. The predicted octanol–water partition coefficient (Wildman–Crippen LogP) is 2.48. The molecule has 1 aromatic heterocycles. The van der Waals surface area contributed by atoms with Gasteiger partial charge in [-0.2, -0.15) is 0 Å². The number of amides is 1. The summed E-state index contributed by atoms with van der Waals surface area (Å²) in [6, 6.07) is 0.662. The molecule has 1 fully saturated rings. The van der Waals surface area contributed by atoms with E-state index < -0.39 is 0 Å². The fourth-order valence-corrected chi connectivity index (χ4v) is 3.07. The number of carbonyl (C=O) groups is 1. The molecule has 2 heterocycles. The Labute approximate surface area is 106 Å². The van der Waals surface area contributed by atoms with Gasteiger partial charge in [0.2, 0.25) is 5.91 Å². The maximum Gasteiger partial charge on any atom is 0.223 e. The largest absolute Gasteiger partial charge is 0.302 e. The third-order valence-corrected chi connectivity index (χ3v) is 4.03. The first kappa shape index (κ1) is 12.5. The minimum absolute atomic E-state index is 0.0581. The van der Waals surface area contributed by atoms with Crippen molar-refractivity contribution in [2.24, 2.45) is 0 Å². The fraction of sp³-hybridized carbons (Fsp3) is 0.667. The summed E-state index contributed by atoms with van der Waals surface area (Å²) in [5.74, 6) is -0.0581. The van der Waals surface area contributed by atoms with Crippen LogP contribution in [0, 0.1) is 0 Å². The predicted molar refractivity (Wildman–Crippen MR) is 70.1 cm³/mol. The molecule has 0 aliphatic carbocycles. The number of hydrogen-bond acceptors (Lipinski definition) is 4. The van der Waals surface area contributed by atoms with E-state index in [0.717, 1.165) is 6.54 Å². The highest BCUT2D eigenvalue weighted by Crippen LogP contribution is 2.23. The summed E-state index contributed by atoms with van der Waals surface area (Å²) in [6.07, 6.45) is 5.80. The van der Waals surface area contributed by atoms with E-state index in [4.69, 9.17) is 0 Å². The average molecular weight is 253 g/mol. The van der Waals surface area contributed by atoms with E-state index in [1.807, 2.05) is 6.20 Å². The number of thiazole rings is 1. The van der Waals surface area contributed by atoms with E-state index in [9.17, 15) is 4.79 Å². The van der Waals surface area contributed by atoms with Crippen LogP contribution >= 0.6 is 11.3 Å². The van der Waals surface area contributed by atoms with Crippen molar-refractivity contribution in [1.29, 1.82) is 0 Å². The Kier molecular flexibility index (Phi) is 4.12. The molecule has 17 heavy (non-hydrogen) atoms. The lowest BCUT2D eigenvalue weighted by atomic mass is 10.0. The van der Waals surface area contributed by atoms with E-state index >= 15 is 0 Å². The van der Waals surface area contributed by atoms with Crippen molar-refractivity contribution in [1.82, 2.24) is 9.88 Å². The maximum atomic E-state index is 10.9. The number of rotatable bonds is 3. The molecule has 0 spiro atoms. The van der Waals surface area contributed by atoms with Gasteiger partial charge in [0, 0.05) is 30.6 Å². The van der Waals surface area contributed by atoms with Crippen molar-refractivity contribution in [3.63, 3.8) is 0 Å². The lowest BCUT2D eigenvalue weighted by Crippen LogP contribution is -2.36. The molecular weight excluding hydrogens is 234 g/mol. The van der Waals surface area contributed by atoms with Crippen molar-refractivity contribution in [2.75, 3.05) is 11.9 Å². The molecule has 0 saturated carbocycles. The maximum absolute atomic E-state index is 10.9. The number of nitrogens with zero attached hydrogens (tertiary/aromatic N) is 2. The van der Waals surface area contributed by atoms with E-state index in [-0.39, 0.29) is 5.91 Å². The fourth-order valence-electron chi connectivity index (χ4n) is 2.18. The molecule has 1 N–H and O–H groups in total. The van der Waals surface area contributed by atoms with Crippen LogP contribution in [0.4, 0.5) is 5.13 Å². The Morgan fingerprint density at radius 1 is 1.65 bits per heavy atom. The van der Waals surface area contributed by atoms with Crippen molar-refractivity contribution in [3.05, 3.63) is 11.1 Å². The summed E-state index contributed by atoms with van der Waals surface area (Å²) in [5.41, 5.74) is 0. The van der Waals surface area contributed by atoms with Crippen LogP contribution in [0.25, 0.3) is 0 Å². The highest BCUT2D eigenvalue weighted by molar-refractivity contribution is 7.15. The van der Waals surface area contributed by atoms with E-state index in [1.54, 1.807) is 11.3 Å². The number of carbonyl (C=O) groups excluding carboxylic acids is 1. The molecular formula is C12H19N3OS. The average Bonchev–Trinajstić information content (AvgIpc) is 2.68. The number of nitrogens with one attached hydrogen (secondary N) is 1. The summed E-state index contributed by atoms with van der Waals surface area (Å²) in [4.78, 5) is 18.8. The highest BCUT2D eigenvalue weighted by Gasteiger charge is 2.19. The van der Waals surface area contributed by atoms with Crippen LogP contribution < -0.4 is 5.32 Å². The Balaban J connectivity index is 1.93. The first-order valence-corrected chi connectivity index (χ1v) is 6.93. The number of likely N-dealkylation sites (tertiary alicyclic amines) is 1. The van der Waals surface area contributed by atoms with Gasteiger partial charge in [-0.05, 0) is 26.3 Å². The first-order chi connectivity index (χ1) is 8.15. The van der Waals surface area contributed by atoms with Gasteiger partial charge in [0.05, 0.1) is 0 Å². The second-order valence-corrected chi connectivity index (χ2v) is 5.74. The van der Waals surface area contributed by atoms with Gasteiger partial charge in [-0.25, -0.2) is 4.98 Å². The molecule has 0 aromatic carbocycles. The van der Waals surface area contributed by atoms with Crippen LogP contribution in [0.2, 0.25) is 0 Å². The highest BCUT2D eigenvalue weighted by atomic mass is 32.1. The van der Waals surface area contributed by atoms with E-state index in [0.29, 0.717) is 11.2 Å². The standard InChI is InChI=1S/C12H19N3OS/c1-9-5-3-4-6-15(9)8-11-7-13-12(17-11)14-10(2)16/h7,9H,3-6,8H2,1-2H3,(H,13,14,16). The summed E-state index contributed by atoms with van der Waals surface area (Å²) in [5, 5.41) is 3.43. The molecule has 1 aromatic rings. The van der Waals surface area contributed by atoms with Crippen molar-refractivity contribution < 1.29 is 4.79 Å². The third-order valence-electron chi connectivity index (χ3n) is 3.14. The van der Waals surface area contributed by atoms with Crippen molar-refractivity contribution in [2.45, 2.75) is 45.7 Å². The minimum atomic E-state index is -0.0581. The third kappa shape index (κ3) is 3.51. The number of aromatic nitrogens is 1. The molecule has 1 atom stereocenters. The molecule has 1 aliphatic heterocycles. The molecule has 4 nitrogen and oxygen atoms in total. The van der Waals surface area contributed by atoms with Gasteiger partial charge >= 0.3 is 0 Å². The first-order valence-electron chi connectivity index (χ1n) is 6.11. The van der Waals surface area contributed by atoms with E-state index in [2.05, 4.69) is 22.1 Å². The van der Waals surface area contributed by atoms with Gasteiger partial charge < -0.3 is 5.32 Å². The summed E-state index contributed by atoms with van der Waals surface area (Å²) < 4.78 is 0. The summed E-state index contributed by atoms with van der Waals surface area (Å²) in [7, 11) is 0. The van der Waals surface area contributed by atoms with Crippen LogP contribution in [0.5, 0.6) is 0 Å². The van der Waals surface area contributed by atoms with Crippen LogP contribution in [0.3, 0.4) is 0 Å². The Morgan fingerprint density at radius 3 is 3.18 bits per heavy atom. The summed E-state index contributed by atoms with van der Waals surface area (Å²) in [6.45, 7) is 5.93. The minimum Gasteiger partial charge on any atom is -0.302 e. The second-order valence-electron chi connectivity index (χ2n) is 4.63. The van der Waals surface area contributed by atoms with Gasteiger partial charge in [0.15, 0.2) is 5.13 Å². The van der Waals surface area contributed by atoms with Gasteiger partial charge in [0.1, 0.15) is 0 Å². The monoisotopic (exact) mass is 253 g/mol. The Bertz CT molecular complexity index is 391. The molecule has 0 radical (unpaired) electrons. The summed E-state index contributed by atoms with van der Waals surface area (Å²) >= 11 is 1.57. The van der Waals surface area contributed by atoms with Crippen LogP contribution in [0.1, 0.15) is 38.0 Å². The molecule has 2 rings (SSSR count). The SMILES string of the molecule is CC(=O)Nc1ncc(CN2CCCCC2C)s1. The van der Waals surface area contributed by atoms with Gasteiger partial charge in [-0.15, -0.1) is 11.3 Å². The Hall–Kier alpha value is -0.940. The molecule has 1 unspecified atom stereocenters. The van der Waals surface area contributed by atoms with Gasteiger partial charge in [-0.1, -0.05) is 6.42 Å². The lowest BCUT2D eigenvalue weighted by molar-refractivity contribution is -0.114. The topological polar surface area (TPSA) is 45.2 Å². The molecule has 1 amide bonds. The molecule has 94 valence electrons. The lowest BCUT2D eigenvalue weighted by Gasteiger charge is -2.32. The number of anilines is 1. The quantitative estimate of drug-likeness (QED) is 0.900. The smallest absolute Gasteiger partial charge is 0.223 e. The molecule has 5 heteroatoms. The van der Waals surface area contributed by atoms with Crippen molar-refractivity contribution in [3.8, 4) is 0 Å². The van der Waals surface area contributed by atoms with Crippen molar-refractivity contribution >= 4 is 22.4 Å².